The number of benzene rings is 1. The SMILES string of the molecule is Cc1cc(O)cc(C(C)(C)C)c1.Cl.Cl.[C-]1=CC=CC1.[Ti]. The van der Waals surface area contributed by atoms with Gasteiger partial charge in [-0.25, -0.2) is 12.2 Å². The maximum Gasteiger partial charge on any atom is 0.116 e. The molecule has 1 aliphatic carbocycles. The fraction of sp³-hybridized carbons (Fsp3) is 0.375. The van der Waals surface area contributed by atoms with Crippen LogP contribution in [0.4, 0.5) is 0 Å². The summed E-state index contributed by atoms with van der Waals surface area (Å²) in [5, 5.41) is 9.36. The third kappa shape index (κ3) is 9.66. The minimum Gasteiger partial charge on any atom is -0.508 e. The van der Waals surface area contributed by atoms with E-state index in [2.05, 4.69) is 39.0 Å². The maximum absolute atomic E-state index is 9.36. The monoisotopic (exact) mass is 349 g/mol. The molecular weight excluding hydrogens is 327 g/mol. The first-order chi connectivity index (χ1) is 7.89. The van der Waals surface area contributed by atoms with Crippen molar-refractivity contribution in [2.75, 3.05) is 0 Å². The molecule has 0 heterocycles. The van der Waals surface area contributed by atoms with E-state index in [1.54, 1.807) is 6.07 Å². The van der Waals surface area contributed by atoms with Crippen LogP contribution in [0.3, 0.4) is 0 Å². The van der Waals surface area contributed by atoms with Gasteiger partial charge in [-0.1, -0.05) is 26.8 Å². The zero-order valence-corrected chi connectivity index (χ0v) is 15.6. The van der Waals surface area contributed by atoms with Crippen molar-refractivity contribution in [1.29, 1.82) is 0 Å². The van der Waals surface area contributed by atoms with Crippen LogP contribution in [0, 0.1) is 13.0 Å². The minimum atomic E-state index is 0. The predicted molar refractivity (Wildman–Crippen MR) is 87.6 cm³/mol. The summed E-state index contributed by atoms with van der Waals surface area (Å²) in [6, 6.07) is 5.71. The Morgan fingerprint density at radius 3 is 2.00 bits per heavy atom. The molecule has 4 heteroatoms. The van der Waals surface area contributed by atoms with Crippen molar-refractivity contribution in [2.24, 2.45) is 0 Å². The second kappa shape index (κ2) is 11.5. The summed E-state index contributed by atoms with van der Waals surface area (Å²) in [6.45, 7) is 8.42. The van der Waals surface area contributed by atoms with Crippen LogP contribution in [0.5, 0.6) is 5.75 Å². The Kier molecular flexibility index (Phi) is 14.2. The molecule has 0 fully saturated rings. The average molecular weight is 350 g/mol. The molecule has 0 bridgehead atoms. The number of aromatic hydroxyl groups is 1. The number of halogens is 2. The summed E-state index contributed by atoms with van der Waals surface area (Å²) in [7, 11) is 0. The Bertz CT molecular complexity index is 404. The summed E-state index contributed by atoms with van der Waals surface area (Å²) in [5.41, 5.74) is 2.41. The van der Waals surface area contributed by atoms with Gasteiger partial charge >= 0.3 is 0 Å². The maximum atomic E-state index is 9.36. The van der Waals surface area contributed by atoms with Crippen LogP contribution in [-0.4, -0.2) is 5.11 Å². The van der Waals surface area contributed by atoms with Crippen molar-refractivity contribution < 1.29 is 26.8 Å². The average Bonchev–Trinajstić information content (AvgIpc) is 2.72. The molecule has 0 radical (unpaired) electrons. The molecule has 20 heavy (non-hydrogen) atoms. The Morgan fingerprint density at radius 2 is 1.70 bits per heavy atom. The van der Waals surface area contributed by atoms with E-state index in [9.17, 15) is 5.11 Å². The van der Waals surface area contributed by atoms with Gasteiger partial charge in [-0.2, -0.15) is 6.08 Å². The van der Waals surface area contributed by atoms with Crippen molar-refractivity contribution in [3.63, 3.8) is 0 Å². The summed E-state index contributed by atoms with van der Waals surface area (Å²) in [5.74, 6) is 0.361. The first-order valence-corrected chi connectivity index (χ1v) is 5.92. The first kappa shape index (κ1) is 24.8. The van der Waals surface area contributed by atoms with Gasteiger partial charge in [0.2, 0.25) is 0 Å². The van der Waals surface area contributed by atoms with Gasteiger partial charge in [-0.3, -0.25) is 6.08 Å². The quantitative estimate of drug-likeness (QED) is 0.507. The van der Waals surface area contributed by atoms with Crippen molar-refractivity contribution in [2.45, 2.75) is 39.5 Å². The molecular formula is C16H23Cl2OTi-. The Hall–Kier alpha value is -0.206. The molecule has 0 saturated heterocycles. The third-order valence-electron chi connectivity index (χ3n) is 2.51. The number of phenols is 1. The molecule has 1 aliphatic rings. The second-order valence-corrected chi connectivity index (χ2v) is 5.31. The van der Waals surface area contributed by atoms with E-state index in [1.165, 1.54) is 5.56 Å². The molecule has 1 nitrogen and oxygen atoms in total. The van der Waals surface area contributed by atoms with Gasteiger partial charge in [0, 0.05) is 21.7 Å². The van der Waals surface area contributed by atoms with Crippen LogP contribution >= 0.6 is 24.8 Å². The molecule has 0 atom stereocenters. The predicted octanol–water partition coefficient (Wildman–Crippen LogP) is 5.14. The van der Waals surface area contributed by atoms with Gasteiger partial charge < -0.3 is 5.11 Å². The van der Waals surface area contributed by atoms with Crippen LogP contribution in [0.15, 0.2) is 36.4 Å². The smallest absolute Gasteiger partial charge is 0.116 e. The van der Waals surface area contributed by atoms with Gasteiger partial charge in [0.15, 0.2) is 0 Å². The number of aryl methyl sites for hydroxylation is 1. The minimum absolute atomic E-state index is 0. The fourth-order valence-corrected chi connectivity index (χ4v) is 1.54. The van der Waals surface area contributed by atoms with E-state index in [0.717, 1.165) is 12.0 Å². The van der Waals surface area contributed by atoms with E-state index in [4.69, 9.17) is 0 Å². The Balaban J connectivity index is -0.000000312. The fourth-order valence-electron chi connectivity index (χ4n) is 1.54. The van der Waals surface area contributed by atoms with E-state index < -0.39 is 0 Å². The van der Waals surface area contributed by atoms with Crippen molar-refractivity contribution in [3.05, 3.63) is 53.6 Å². The molecule has 1 N–H and O–H groups in total. The first-order valence-electron chi connectivity index (χ1n) is 5.92. The number of rotatable bonds is 0. The van der Waals surface area contributed by atoms with Crippen LogP contribution in [0.2, 0.25) is 0 Å². The number of hydrogen-bond acceptors (Lipinski definition) is 1. The van der Waals surface area contributed by atoms with Crippen LogP contribution in [0.25, 0.3) is 0 Å². The molecule has 0 unspecified atom stereocenters. The molecule has 2 rings (SSSR count). The molecule has 0 aliphatic heterocycles. The van der Waals surface area contributed by atoms with E-state index in [0.29, 0.717) is 5.75 Å². The van der Waals surface area contributed by atoms with Crippen LogP contribution in [0.1, 0.15) is 38.3 Å². The molecule has 0 amide bonds. The largest absolute Gasteiger partial charge is 0.508 e. The molecule has 1 aromatic rings. The standard InChI is InChI=1S/C11H16O.C5H5.2ClH.Ti/c1-8-5-9(11(2,3)4)7-10(12)6-8;1-2-4-5-3-1;;;/h5-7,12H,1-4H3;1-3H,4H2;2*1H;/q;-1;;;. The Morgan fingerprint density at radius 1 is 1.10 bits per heavy atom. The zero-order valence-electron chi connectivity index (χ0n) is 12.4. The summed E-state index contributed by atoms with van der Waals surface area (Å²) in [6.07, 6.45) is 10.0. The molecule has 1 aromatic carbocycles. The van der Waals surface area contributed by atoms with Gasteiger partial charge in [0.25, 0.3) is 0 Å². The normalized spacial score (nSPS) is 11.4. The third-order valence-corrected chi connectivity index (χ3v) is 2.51. The van der Waals surface area contributed by atoms with Crippen molar-refractivity contribution in [1.82, 2.24) is 0 Å². The number of phenolic OH excluding ortho intramolecular Hbond substituents is 1. The number of allylic oxidation sites excluding steroid dienone is 4. The van der Waals surface area contributed by atoms with Crippen LogP contribution < -0.4 is 0 Å². The number of hydrogen-bond donors (Lipinski definition) is 1. The van der Waals surface area contributed by atoms with Gasteiger partial charge in [0.05, 0.1) is 0 Å². The van der Waals surface area contributed by atoms with Gasteiger partial charge in [-0.15, -0.1) is 31.2 Å². The molecule has 0 spiro atoms. The van der Waals surface area contributed by atoms with Crippen molar-refractivity contribution >= 4 is 24.8 Å². The van der Waals surface area contributed by atoms with E-state index >= 15 is 0 Å². The summed E-state index contributed by atoms with van der Waals surface area (Å²) in [4.78, 5) is 0. The topological polar surface area (TPSA) is 20.2 Å². The van der Waals surface area contributed by atoms with Gasteiger partial charge in [0.1, 0.15) is 5.75 Å². The second-order valence-electron chi connectivity index (χ2n) is 5.31. The van der Waals surface area contributed by atoms with Crippen molar-refractivity contribution in [3.8, 4) is 5.75 Å². The summed E-state index contributed by atoms with van der Waals surface area (Å²) < 4.78 is 0. The van der Waals surface area contributed by atoms with E-state index in [-0.39, 0.29) is 51.9 Å². The molecule has 0 saturated carbocycles. The van der Waals surface area contributed by atoms with Gasteiger partial charge in [-0.05, 0) is 35.6 Å². The van der Waals surface area contributed by atoms with Crippen LogP contribution in [-0.2, 0) is 27.1 Å². The summed E-state index contributed by atoms with van der Waals surface area (Å²) >= 11 is 0. The van der Waals surface area contributed by atoms with E-state index in [1.807, 2.05) is 25.1 Å². The Labute approximate surface area is 150 Å². The molecule has 0 aromatic heterocycles. The zero-order chi connectivity index (χ0) is 12.9. The molecule has 112 valence electrons.